The number of carbonyl (C=O) groups excluding carboxylic acids is 1. The molecule has 0 aromatic heterocycles. The molecule has 1 unspecified atom stereocenters. The third-order valence-electron chi connectivity index (χ3n) is 2.92. The van der Waals surface area contributed by atoms with Crippen LogP contribution in [0.2, 0.25) is 0 Å². The molecule has 0 aromatic rings. The SMILES string of the molecule is CC[C@@H](CO)NC(=O)C1(C)CCCN1. The van der Waals surface area contributed by atoms with E-state index >= 15 is 0 Å². The van der Waals surface area contributed by atoms with Gasteiger partial charge in [-0.2, -0.15) is 0 Å². The number of hydrogen-bond acceptors (Lipinski definition) is 3. The predicted octanol–water partition coefficient (Wildman–Crippen LogP) is 0.0156. The summed E-state index contributed by atoms with van der Waals surface area (Å²) in [7, 11) is 0. The predicted molar refractivity (Wildman–Crippen MR) is 54.9 cm³/mol. The first kappa shape index (κ1) is 11.5. The maximum atomic E-state index is 11.8. The van der Waals surface area contributed by atoms with E-state index in [0.29, 0.717) is 0 Å². The molecule has 0 radical (unpaired) electrons. The second-order valence-corrected chi connectivity index (χ2v) is 4.12. The molecule has 82 valence electrons. The van der Waals surface area contributed by atoms with E-state index in [-0.39, 0.29) is 18.6 Å². The molecule has 0 aromatic carbocycles. The van der Waals surface area contributed by atoms with Gasteiger partial charge in [-0.1, -0.05) is 6.92 Å². The van der Waals surface area contributed by atoms with Gasteiger partial charge in [0.2, 0.25) is 5.91 Å². The van der Waals surface area contributed by atoms with Gasteiger partial charge in [0.1, 0.15) is 0 Å². The zero-order valence-electron chi connectivity index (χ0n) is 8.97. The fourth-order valence-electron chi connectivity index (χ4n) is 1.71. The van der Waals surface area contributed by atoms with Crippen LogP contribution in [-0.2, 0) is 4.79 Å². The average Bonchev–Trinajstić information content (AvgIpc) is 2.62. The lowest BCUT2D eigenvalue weighted by Crippen LogP contribution is -2.54. The topological polar surface area (TPSA) is 61.4 Å². The van der Waals surface area contributed by atoms with Gasteiger partial charge in [0.15, 0.2) is 0 Å². The van der Waals surface area contributed by atoms with Crippen molar-refractivity contribution < 1.29 is 9.90 Å². The molecule has 0 saturated carbocycles. The van der Waals surface area contributed by atoms with Crippen molar-refractivity contribution in [2.24, 2.45) is 0 Å². The van der Waals surface area contributed by atoms with Crippen LogP contribution in [0.5, 0.6) is 0 Å². The van der Waals surface area contributed by atoms with Crippen LogP contribution in [0.4, 0.5) is 0 Å². The van der Waals surface area contributed by atoms with E-state index < -0.39 is 5.54 Å². The number of carbonyl (C=O) groups is 1. The number of amides is 1. The molecule has 3 N–H and O–H groups in total. The Bertz CT molecular complexity index is 196. The van der Waals surface area contributed by atoms with Crippen molar-refractivity contribution in [1.29, 1.82) is 0 Å². The van der Waals surface area contributed by atoms with Gasteiger partial charge in [0.25, 0.3) is 0 Å². The van der Waals surface area contributed by atoms with Crippen LogP contribution >= 0.6 is 0 Å². The number of hydrogen-bond donors (Lipinski definition) is 3. The molecule has 1 saturated heterocycles. The van der Waals surface area contributed by atoms with Crippen molar-refractivity contribution in [2.45, 2.75) is 44.7 Å². The number of nitrogens with one attached hydrogen (secondary N) is 2. The van der Waals surface area contributed by atoms with E-state index in [9.17, 15) is 4.79 Å². The lowest BCUT2D eigenvalue weighted by atomic mass is 9.99. The van der Waals surface area contributed by atoms with Gasteiger partial charge in [0, 0.05) is 0 Å². The maximum Gasteiger partial charge on any atom is 0.240 e. The minimum atomic E-state index is -0.428. The quantitative estimate of drug-likeness (QED) is 0.599. The Morgan fingerprint density at radius 2 is 2.43 bits per heavy atom. The molecule has 1 fully saturated rings. The van der Waals surface area contributed by atoms with E-state index in [1.54, 1.807) is 0 Å². The van der Waals surface area contributed by atoms with Gasteiger partial charge < -0.3 is 15.7 Å². The highest BCUT2D eigenvalue weighted by atomic mass is 16.3. The van der Waals surface area contributed by atoms with E-state index in [1.165, 1.54) is 0 Å². The monoisotopic (exact) mass is 200 g/mol. The Morgan fingerprint density at radius 3 is 2.86 bits per heavy atom. The second-order valence-electron chi connectivity index (χ2n) is 4.12. The molecule has 4 nitrogen and oxygen atoms in total. The largest absolute Gasteiger partial charge is 0.394 e. The molecular weight excluding hydrogens is 180 g/mol. The number of rotatable bonds is 4. The molecule has 1 aliphatic rings. The summed E-state index contributed by atoms with van der Waals surface area (Å²) < 4.78 is 0. The lowest BCUT2D eigenvalue weighted by Gasteiger charge is -2.25. The average molecular weight is 200 g/mol. The van der Waals surface area contributed by atoms with Gasteiger partial charge in [0.05, 0.1) is 18.2 Å². The van der Waals surface area contributed by atoms with Crippen molar-refractivity contribution in [3.63, 3.8) is 0 Å². The van der Waals surface area contributed by atoms with E-state index in [1.807, 2.05) is 13.8 Å². The van der Waals surface area contributed by atoms with E-state index in [4.69, 9.17) is 5.11 Å². The Balaban J connectivity index is 2.48. The summed E-state index contributed by atoms with van der Waals surface area (Å²) in [4.78, 5) is 11.8. The van der Waals surface area contributed by atoms with Crippen molar-refractivity contribution in [3.8, 4) is 0 Å². The van der Waals surface area contributed by atoms with Crippen molar-refractivity contribution in [2.75, 3.05) is 13.2 Å². The first-order valence-electron chi connectivity index (χ1n) is 5.29. The fourth-order valence-corrected chi connectivity index (χ4v) is 1.71. The van der Waals surface area contributed by atoms with Gasteiger partial charge in [-0.3, -0.25) is 4.79 Å². The molecule has 1 rings (SSSR count). The highest BCUT2D eigenvalue weighted by Gasteiger charge is 2.36. The van der Waals surface area contributed by atoms with Crippen molar-refractivity contribution in [3.05, 3.63) is 0 Å². The second kappa shape index (κ2) is 4.75. The molecule has 4 heteroatoms. The summed E-state index contributed by atoms with van der Waals surface area (Å²) in [5.41, 5.74) is -0.428. The van der Waals surface area contributed by atoms with E-state index in [0.717, 1.165) is 25.8 Å². The van der Waals surface area contributed by atoms with Crippen LogP contribution in [0.25, 0.3) is 0 Å². The first-order chi connectivity index (χ1) is 6.62. The summed E-state index contributed by atoms with van der Waals surface area (Å²) >= 11 is 0. The molecule has 0 spiro atoms. The maximum absolute atomic E-state index is 11.8. The van der Waals surface area contributed by atoms with Crippen LogP contribution in [0.3, 0.4) is 0 Å². The van der Waals surface area contributed by atoms with Crippen LogP contribution in [-0.4, -0.2) is 35.7 Å². The number of aliphatic hydroxyl groups is 1. The first-order valence-corrected chi connectivity index (χ1v) is 5.29. The molecule has 1 heterocycles. The minimum Gasteiger partial charge on any atom is -0.394 e. The fraction of sp³-hybridized carbons (Fsp3) is 0.900. The van der Waals surface area contributed by atoms with Crippen LogP contribution in [0, 0.1) is 0 Å². The Kier molecular flexibility index (Phi) is 3.89. The van der Waals surface area contributed by atoms with Gasteiger partial charge in [-0.25, -0.2) is 0 Å². The van der Waals surface area contributed by atoms with Crippen LogP contribution in [0.15, 0.2) is 0 Å². The summed E-state index contributed by atoms with van der Waals surface area (Å²) in [5, 5.41) is 15.0. The van der Waals surface area contributed by atoms with Gasteiger partial charge in [-0.15, -0.1) is 0 Å². The zero-order chi connectivity index (χ0) is 10.6. The smallest absolute Gasteiger partial charge is 0.240 e. The normalized spacial score (nSPS) is 28.8. The minimum absolute atomic E-state index is 0.0101. The summed E-state index contributed by atoms with van der Waals surface area (Å²) in [5.74, 6) is 0.0101. The third kappa shape index (κ3) is 2.45. The van der Waals surface area contributed by atoms with E-state index in [2.05, 4.69) is 10.6 Å². The summed E-state index contributed by atoms with van der Waals surface area (Å²) in [6, 6.07) is -0.110. The Hall–Kier alpha value is -0.610. The van der Waals surface area contributed by atoms with Crippen molar-refractivity contribution in [1.82, 2.24) is 10.6 Å². The highest BCUT2D eigenvalue weighted by Crippen LogP contribution is 2.18. The summed E-state index contributed by atoms with van der Waals surface area (Å²) in [6.45, 7) is 4.78. The van der Waals surface area contributed by atoms with Crippen molar-refractivity contribution >= 4 is 5.91 Å². The van der Waals surface area contributed by atoms with Crippen LogP contribution in [0.1, 0.15) is 33.1 Å². The number of aliphatic hydroxyl groups excluding tert-OH is 1. The molecule has 2 atom stereocenters. The lowest BCUT2D eigenvalue weighted by molar-refractivity contribution is -0.127. The standard InChI is InChI=1S/C10H20N2O2/c1-3-8(7-13)12-9(14)10(2)5-4-6-11-10/h8,11,13H,3-7H2,1-2H3,(H,12,14)/t8-,10?/m0/s1. The molecular formula is C10H20N2O2. The highest BCUT2D eigenvalue weighted by molar-refractivity contribution is 5.86. The molecule has 0 bridgehead atoms. The molecule has 0 aliphatic carbocycles. The van der Waals surface area contributed by atoms with Gasteiger partial charge >= 0.3 is 0 Å². The third-order valence-corrected chi connectivity index (χ3v) is 2.92. The Labute approximate surface area is 85.1 Å². The molecule has 14 heavy (non-hydrogen) atoms. The van der Waals surface area contributed by atoms with Gasteiger partial charge in [-0.05, 0) is 32.7 Å². The van der Waals surface area contributed by atoms with Crippen LogP contribution < -0.4 is 10.6 Å². The zero-order valence-corrected chi connectivity index (χ0v) is 8.97. The summed E-state index contributed by atoms with van der Waals surface area (Å²) in [6.07, 6.45) is 2.68. The molecule has 1 aliphatic heterocycles. The Morgan fingerprint density at radius 1 is 1.71 bits per heavy atom. The molecule has 1 amide bonds.